The van der Waals surface area contributed by atoms with Crippen molar-refractivity contribution in [2.24, 2.45) is 0 Å². The summed E-state index contributed by atoms with van der Waals surface area (Å²) in [6.07, 6.45) is 4.49. The standard InChI is InChI=1S/C16H15NO5/c18-14(19)9-21-12-5-2-4-11(7-12)17-16(20)15-13-6-1-3-10(13)8-22-15/h2,4-5,7-8H,1,3,6,9H2,(H,17,20)(H,18,19). The largest absolute Gasteiger partial charge is 0.482 e. The first-order chi connectivity index (χ1) is 10.6. The van der Waals surface area contributed by atoms with E-state index >= 15 is 0 Å². The van der Waals surface area contributed by atoms with Gasteiger partial charge in [-0.15, -0.1) is 0 Å². The zero-order valence-electron chi connectivity index (χ0n) is 11.8. The van der Waals surface area contributed by atoms with Gasteiger partial charge in [-0.2, -0.15) is 0 Å². The number of aliphatic carboxylic acids is 1. The number of hydrogen-bond donors (Lipinski definition) is 2. The minimum Gasteiger partial charge on any atom is -0.482 e. The normalized spacial score (nSPS) is 12.7. The van der Waals surface area contributed by atoms with E-state index in [4.69, 9.17) is 14.3 Å². The molecule has 1 aromatic heterocycles. The number of rotatable bonds is 5. The fraction of sp³-hybridized carbons (Fsp3) is 0.250. The van der Waals surface area contributed by atoms with Crippen LogP contribution in [0.2, 0.25) is 0 Å². The van der Waals surface area contributed by atoms with Gasteiger partial charge >= 0.3 is 5.97 Å². The number of fused-ring (bicyclic) bond motifs is 1. The van der Waals surface area contributed by atoms with E-state index in [9.17, 15) is 9.59 Å². The SMILES string of the molecule is O=C(O)COc1cccc(NC(=O)c2occ3c2CCC3)c1. The Bertz CT molecular complexity index is 719. The van der Waals surface area contributed by atoms with Crippen LogP contribution in [0.4, 0.5) is 5.69 Å². The first-order valence-electron chi connectivity index (χ1n) is 6.99. The number of nitrogens with one attached hydrogen (secondary N) is 1. The van der Waals surface area contributed by atoms with Crippen molar-refractivity contribution in [3.63, 3.8) is 0 Å². The van der Waals surface area contributed by atoms with Gasteiger partial charge in [-0.05, 0) is 37.0 Å². The number of carbonyl (C=O) groups is 2. The summed E-state index contributed by atoms with van der Waals surface area (Å²) in [6.45, 7) is -0.427. The molecule has 3 rings (SSSR count). The van der Waals surface area contributed by atoms with Crippen molar-refractivity contribution < 1.29 is 23.8 Å². The molecule has 1 aliphatic rings. The van der Waals surface area contributed by atoms with Crippen LogP contribution in [0.5, 0.6) is 5.75 Å². The Kier molecular flexibility index (Phi) is 3.82. The number of carboxylic acid groups (broad SMARTS) is 1. The minimum absolute atomic E-state index is 0.307. The first-order valence-corrected chi connectivity index (χ1v) is 6.99. The molecule has 2 aromatic rings. The molecule has 0 radical (unpaired) electrons. The Labute approximate surface area is 126 Å². The molecule has 2 N–H and O–H groups in total. The molecule has 6 nitrogen and oxygen atoms in total. The molecule has 22 heavy (non-hydrogen) atoms. The number of carbonyl (C=O) groups excluding carboxylic acids is 1. The highest BCUT2D eigenvalue weighted by Crippen LogP contribution is 2.28. The molecule has 0 fully saturated rings. The number of ether oxygens (including phenoxy) is 1. The third kappa shape index (κ3) is 2.95. The molecule has 0 unspecified atom stereocenters. The van der Waals surface area contributed by atoms with Crippen LogP contribution in [0.25, 0.3) is 0 Å². The van der Waals surface area contributed by atoms with Gasteiger partial charge in [-0.25, -0.2) is 4.79 Å². The van der Waals surface area contributed by atoms with Crippen LogP contribution >= 0.6 is 0 Å². The second-order valence-electron chi connectivity index (χ2n) is 5.09. The summed E-state index contributed by atoms with van der Waals surface area (Å²) >= 11 is 0. The number of benzene rings is 1. The smallest absolute Gasteiger partial charge is 0.341 e. The maximum Gasteiger partial charge on any atom is 0.341 e. The summed E-state index contributed by atoms with van der Waals surface area (Å²) in [5, 5.41) is 11.3. The molecule has 0 atom stereocenters. The van der Waals surface area contributed by atoms with Crippen LogP contribution < -0.4 is 10.1 Å². The number of carboxylic acids is 1. The average molecular weight is 301 g/mol. The molecule has 1 aliphatic carbocycles. The number of anilines is 1. The third-order valence-electron chi connectivity index (χ3n) is 3.51. The quantitative estimate of drug-likeness (QED) is 0.885. The molecule has 0 saturated carbocycles. The Morgan fingerprint density at radius 1 is 1.32 bits per heavy atom. The number of amides is 1. The molecule has 1 aromatic carbocycles. The highest BCUT2D eigenvalue weighted by atomic mass is 16.5. The van der Waals surface area contributed by atoms with Gasteiger partial charge in [0.05, 0.1) is 6.26 Å². The zero-order chi connectivity index (χ0) is 15.5. The van der Waals surface area contributed by atoms with Gasteiger partial charge in [-0.3, -0.25) is 4.79 Å². The predicted molar refractivity (Wildman–Crippen MR) is 78.3 cm³/mol. The topological polar surface area (TPSA) is 88.8 Å². The van der Waals surface area contributed by atoms with E-state index < -0.39 is 12.6 Å². The highest BCUT2D eigenvalue weighted by molar-refractivity contribution is 6.03. The molecule has 0 saturated heterocycles. The molecular formula is C16H15NO5. The van der Waals surface area contributed by atoms with E-state index in [1.165, 1.54) is 0 Å². The van der Waals surface area contributed by atoms with Gasteiger partial charge in [0.15, 0.2) is 12.4 Å². The number of furan rings is 1. The van der Waals surface area contributed by atoms with E-state index in [0.29, 0.717) is 17.2 Å². The van der Waals surface area contributed by atoms with Crippen LogP contribution in [0.1, 0.15) is 28.1 Å². The molecule has 0 spiro atoms. The lowest BCUT2D eigenvalue weighted by Crippen LogP contribution is -2.13. The summed E-state index contributed by atoms with van der Waals surface area (Å²) in [7, 11) is 0. The van der Waals surface area contributed by atoms with Gasteiger partial charge in [0, 0.05) is 17.3 Å². The summed E-state index contributed by atoms with van der Waals surface area (Å²) in [5.74, 6) is -0.631. The Hall–Kier alpha value is -2.76. The number of hydrogen-bond acceptors (Lipinski definition) is 4. The lowest BCUT2D eigenvalue weighted by molar-refractivity contribution is -0.139. The second kappa shape index (κ2) is 5.93. The fourth-order valence-electron chi connectivity index (χ4n) is 2.54. The maximum atomic E-state index is 12.3. The summed E-state index contributed by atoms with van der Waals surface area (Å²) < 4.78 is 10.4. The van der Waals surface area contributed by atoms with Crippen molar-refractivity contribution in [2.45, 2.75) is 19.3 Å². The first kappa shape index (κ1) is 14.2. The van der Waals surface area contributed by atoms with E-state index in [-0.39, 0.29) is 5.91 Å². The molecule has 1 amide bonds. The van der Waals surface area contributed by atoms with Crippen LogP contribution in [0.3, 0.4) is 0 Å². The maximum absolute atomic E-state index is 12.3. The summed E-state index contributed by atoms with van der Waals surface area (Å²) in [5.41, 5.74) is 2.61. The van der Waals surface area contributed by atoms with Crippen molar-refractivity contribution >= 4 is 17.6 Å². The van der Waals surface area contributed by atoms with Crippen LogP contribution in [-0.2, 0) is 17.6 Å². The Morgan fingerprint density at radius 3 is 3.00 bits per heavy atom. The van der Waals surface area contributed by atoms with Crippen LogP contribution in [0, 0.1) is 0 Å². The predicted octanol–water partition coefficient (Wildman–Crippen LogP) is 2.48. The van der Waals surface area contributed by atoms with E-state index in [2.05, 4.69) is 5.32 Å². The fourth-order valence-corrected chi connectivity index (χ4v) is 2.54. The molecular weight excluding hydrogens is 286 g/mol. The van der Waals surface area contributed by atoms with Gasteiger partial charge < -0.3 is 19.6 Å². The van der Waals surface area contributed by atoms with E-state index in [0.717, 1.165) is 30.4 Å². The van der Waals surface area contributed by atoms with Crippen molar-refractivity contribution in [1.82, 2.24) is 0 Å². The van der Waals surface area contributed by atoms with Gasteiger partial charge in [0.1, 0.15) is 5.75 Å². The van der Waals surface area contributed by atoms with E-state index in [1.807, 2.05) is 0 Å². The molecule has 114 valence electrons. The van der Waals surface area contributed by atoms with Crippen molar-refractivity contribution in [1.29, 1.82) is 0 Å². The number of aryl methyl sites for hydroxylation is 1. The van der Waals surface area contributed by atoms with Crippen LogP contribution in [0.15, 0.2) is 34.9 Å². The highest BCUT2D eigenvalue weighted by Gasteiger charge is 2.23. The van der Waals surface area contributed by atoms with E-state index in [1.54, 1.807) is 30.5 Å². The molecule has 0 bridgehead atoms. The van der Waals surface area contributed by atoms with Gasteiger partial charge in [0.2, 0.25) is 0 Å². The average Bonchev–Trinajstić information content (AvgIpc) is 3.08. The lowest BCUT2D eigenvalue weighted by atomic mass is 10.2. The molecule has 1 heterocycles. The molecule has 6 heteroatoms. The second-order valence-corrected chi connectivity index (χ2v) is 5.09. The van der Waals surface area contributed by atoms with Gasteiger partial charge in [-0.1, -0.05) is 6.07 Å². The van der Waals surface area contributed by atoms with Gasteiger partial charge in [0.25, 0.3) is 5.91 Å². The minimum atomic E-state index is -1.06. The van der Waals surface area contributed by atoms with Crippen molar-refractivity contribution in [3.8, 4) is 5.75 Å². The Morgan fingerprint density at radius 2 is 2.18 bits per heavy atom. The van der Waals surface area contributed by atoms with Crippen molar-refractivity contribution in [2.75, 3.05) is 11.9 Å². The zero-order valence-corrected chi connectivity index (χ0v) is 11.8. The van der Waals surface area contributed by atoms with Crippen LogP contribution in [-0.4, -0.2) is 23.6 Å². The Balaban J connectivity index is 1.71. The lowest BCUT2D eigenvalue weighted by Gasteiger charge is -2.07. The molecule has 0 aliphatic heterocycles. The van der Waals surface area contributed by atoms with Crippen molar-refractivity contribution in [3.05, 3.63) is 47.4 Å². The monoisotopic (exact) mass is 301 g/mol. The summed E-state index contributed by atoms with van der Waals surface area (Å²) in [6, 6.07) is 6.58. The third-order valence-corrected chi connectivity index (χ3v) is 3.51. The summed E-state index contributed by atoms with van der Waals surface area (Å²) in [4.78, 5) is 22.8.